The minimum atomic E-state index is -0.925. The number of nitriles is 1. The molecule has 0 aliphatic carbocycles. The lowest BCUT2D eigenvalue weighted by Gasteiger charge is -2.11. The van der Waals surface area contributed by atoms with Gasteiger partial charge in [-0.2, -0.15) is 5.26 Å². The molecule has 23 heavy (non-hydrogen) atoms. The van der Waals surface area contributed by atoms with Crippen LogP contribution in [0.2, 0.25) is 0 Å². The predicted octanol–water partition coefficient (Wildman–Crippen LogP) is 4.45. The van der Waals surface area contributed by atoms with Crippen LogP contribution in [-0.4, -0.2) is 9.55 Å². The average Bonchev–Trinajstić information content (AvgIpc) is 2.85. The van der Waals surface area contributed by atoms with Gasteiger partial charge in [0.05, 0.1) is 23.0 Å². The van der Waals surface area contributed by atoms with Crippen LogP contribution in [0.5, 0.6) is 0 Å². The van der Waals surface area contributed by atoms with Gasteiger partial charge in [-0.3, -0.25) is 0 Å². The number of fused-ring (bicyclic) bond motifs is 1. The Morgan fingerprint density at radius 1 is 1.22 bits per heavy atom. The average molecular weight is 311 g/mol. The summed E-state index contributed by atoms with van der Waals surface area (Å²) in [6.07, 6.45) is 0. The van der Waals surface area contributed by atoms with Gasteiger partial charge >= 0.3 is 0 Å². The zero-order chi connectivity index (χ0) is 16.6. The van der Waals surface area contributed by atoms with Gasteiger partial charge in [-0.15, -0.1) is 0 Å². The van der Waals surface area contributed by atoms with E-state index >= 15 is 0 Å². The summed E-state index contributed by atoms with van der Waals surface area (Å²) in [5, 5.41) is 9.09. The van der Waals surface area contributed by atoms with Crippen molar-refractivity contribution in [3.05, 3.63) is 53.6 Å². The molecule has 0 aliphatic heterocycles. The molecule has 3 nitrogen and oxygen atoms in total. The zero-order valence-electron chi connectivity index (χ0n) is 12.8. The van der Waals surface area contributed by atoms with Crippen LogP contribution in [0.1, 0.15) is 12.5 Å². The second-order valence-electron chi connectivity index (χ2n) is 5.70. The summed E-state index contributed by atoms with van der Waals surface area (Å²) >= 11 is 0. The Hall–Kier alpha value is -2.74. The third-order valence-electron chi connectivity index (χ3n) is 3.74. The molecule has 0 saturated heterocycles. The van der Waals surface area contributed by atoms with Crippen molar-refractivity contribution in [3.63, 3.8) is 0 Å². The molecular formula is C18H15F2N3. The summed E-state index contributed by atoms with van der Waals surface area (Å²) in [4.78, 5) is 4.46. The second kappa shape index (κ2) is 5.81. The summed E-state index contributed by atoms with van der Waals surface area (Å²) in [6.45, 7) is 4.11. The lowest BCUT2D eigenvalue weighted by Crippen LogP contribution is -2.07. The molecule has 1 atom stereocenters. The van der Waals surface area contributed by atoms with Gasteiger partial charge in [0.2, 0.25) is 0 Å². The van der Waals surface area contributed by atoms with Gasteiger partial charge in [-0.25, -0.2) is 13.8 Å². The van der Waals surface area contributed by atoms with Crippen molar-refractivity contribution in [2.24, 2.45) is 5.92 Å². The molecule has 0 saturated carbocycles. The van der Waals surface area contributed by atoms with Crippen LogP contribution in [0.15, 0.2) is 36.4 Å². The van der Waals surface area contributed by atoms with Crippen molar-refractivity contribution in [3.8, 4) is 17.5 Å². The molecule has 0 fully saturated rings. The molecule has 1 aromatic heterocycles. The Labute approximate surface area is 132 Å². The van der Waals surface area contributed by atoms with Gasteiger partial charge in [-0.05, 0) is 19.9 Å². The fourth-order valence-electron chi connectivity index (χ4n) is 2.62. The maximum atomic E-state index is 13.6. The van der Waals surface area contributed by atoms with E-state index < -0.39 is 11.6 Å². The molecule has 116 valence electrons. The molecule has 3 rings (SSSR count). The first-order chi connectivity index (χ1) is 11.0. The minimum absolute atomic E-state index is 0.274. The van der Waals surface area contributed by atoms with Crippen LogP contribution in [0.3, 0.4) is 0 Å². The maximum Gasteiger partial charge on any atom is 0.161 e. The summed E-state index contributed by atoms with van der Waals surface area (Å²) < 4.78 is 28.9. The van der Waals surface area contributed by atoms with Crippen LogP contribution in [0.4, 0.5) is 8.78 Å². The van der Waals surface area contributed by atoms with Crippen molar-refractivity contribution < 1.29 is 8.78 Å². The number of nitrogens with zero attached hydrogens (tertiary/aromatic N) is 3. The third-order valence-corrected chi connectivity index (χ3v) is 3.74. The van der Waals surface area contributed by atoms with E-state index in [9.17, 15) is 8.78 Å². The van der Waals surface area contributed by atoms with E-state index in [0.29, 0.717) is 23.4 Å². The highest BCUT2D eigenvalue weighted by Gasteiger charge is 2.17. The number of halogens is 2. The Bertz CT molecular complexity index is 922. The van der Waals surface area contributed by atoms with E-state index in [4.69, 9.17) is 5.26 Å². The number of rotatable bonds is 3. The van der Waals surface area contributed by atoms with Crippen molar-refractivity contribution in [2.45, 2.75) is 20.4 Å². The summed E-state index contributed by atoms with van der Waals surface area (Å²) in [6, 6.07) is 12.1. The summed E-state index contributed by atoms with van der Waals surface area (Å²) in [7, 11) is 0. The van der Waals surface area contributed by atoms with Gasteiger partial charge in [0.1, 0.15) is 5.82 Å². The smallest absolute Gasteiger partial charge is 0.161 e. The van der Waals surface area contributed by atoms with Crippen LogP contribution in [0, 0.1) is 35.8 Å². The fourth-order valence-corrected chi connectivity index (χ4v) is 2.62. The number of hydrogen-bond acceptors (Lipinski definition) is 2. The van der Waals surface area contributed by atoms with Crippen LogP contribution in [-0.2, 0) is 6.54 Å². The van der Waals surface area contributed by atoms with Crippen LogP contribution in [0.25, 0.3) is 22.4 Å². The Morgan fingerprint density at radius 3 is 2.65 bits per heavy atom. The first-order valence-electron chi connectivity index (χ1n) is 7.31. The van der Waals surface area contributed by atoms with Crippen LogP contribution < -0.4 is 0 Å². The molecule has 0 N–H and O–H groups in total. The van der Waals surface area contributed by atoms with Gasteiger partial charge in [0, 0.05) is 24.2 Å². The minimum Gasteiger partial charge on any atom is -0.323 e. The highest BCUT2D eigenvalue weighted by Crippen LogP contribution is 2.28. The second-order valence-corrected chi connectivity index (χ2v) is 5.70. The molecule has 0 radical (unpaired) electrons. The maximum absolute atomic E-state index is 13.6. The van der Waals surface area contributed by atoms with Gasteiger partial charge in [0.25, 0.3) is 0 Å². The highest BCUT2D eigenvalue weighted by molar-refractivity contribution is 5.81. The van der Waals surface area contributed by atoms with Crippen molar-refractivity contribution in [1.82, 2.24) is 9.55 Å². The van der Waals surface area contributed by atoms with Crippen LogP contribution >= 0.6 is 0 Å². The number of hydrogen-bond donors (Lipinski definition) is 0. The highest BCUT2D eigenvalue weighted by atomic mass is 19.2. The van der Waals surface area contributed by atoms with E-state index in [1.165, 1.54) is 0 Å². The Morgan fingerprint density at radius 2 is 1.96 bits per heavy atom. The molecule has 1 unspecified atom stereocenters. The molecule has 1 heterocycles. The van der Waals surface area contributed by atoms with E-state index in [-0.39, 0.29) is 5.92 Å². The van der Waals surface area contributed by atoms with Crippen molar-refractivity contribution in [2.75, 3.05) is 0 Å². The van der Waals surface area contributed by atoms with Gasteiger partial charge in [-0.1, -0.05) is 23.8 Å². The quantitative estimate of drug-likeness (QED) is 0.717. The SMILES string of the molecule is Cc1cccc(-c2nc3cc(F)c(F)cc3n2CC(C)C#N)c1. The molecule has 5 heteroatoms. The number of benzene rings is 2. The molecule has 0 bridgehead atoms. The Balaban J connectivity index is 2.27. The first-order valence-corrected chi connectivity index (χ1v) is 7.31. The number of aromatic nitrogens is 2. The van der Waals surface area contributed by atoms with Crippen molar-refractivity contribution in [1.29, 1.82) is 5.26 Å². The molecule has 0 aliphatic rings. The summed E-state index contributed by atoms with van der Waals surface area (Å²) in [5.74, 6) is -1.51. The molecule has 0 spiro atoms. The normalized spacial score (nSPS) is 12.3. The number of aryl methyl sites for hydroxylation is 1. The lowest BCUT2D eigenvalue weighted by atomic mass is 10.1. The molecule has 0 amide bonds. The standard InChI is InChI=1S/C18H15F2N3/c1-11-4-3-5-13(6-11)18-22-16-7-14(19)15(20)8-17(16)23(18)10-12(2)9-21/h3-8,12H,10H2,1-2H3. The monoisotopic (exact) mass is 311 g/mol. The molecule has 2 aromatic carbocycles. The lowest BCUT2D eigenvalue weighted by molar-refractivity contribution is 0.509. The topological polar surface area (TPSA) is 41.6 Å². The zero-order valence-corrected chi connectivity index (χ0v) is 12.8. The van der Waals surface area contributed by atoms with E-state index in [0.717, 1.165) is 23.3 Å². The third kappa shape index (κ3) is 2.80. The van der Waals surface area contributed by atoms with Gasteiger partial charge < -0.3 is 4.57 Å². The number of imidazole rings is 1. The predicted molar refractivity (Wildman–Crippen MR) is 84.6 cm³/mol. The van der Waals surface area contributed by atoms with Crippen molar-refractivity contribution >= 4 is 11.0 Å². The van der Waals surface area contributed by atoms with E-state index in [1.807, 2.05) is 31.2 Å². The van der Waals surface area contributed by atoms with E-state index in [2.05, 4.69) is 11.1 Å². The first kappa shape index (κ1) is 15.2. The molecule has 3 aromatic rings. The van der Waals surface area contributed by atoms with E-state index in [1.54, 1.807) is 11.5 Å². The Kier molecular flexibility index (Phi) is 3.83. The van der Waals surface area contributed by atoms with Gasteiger partial charge in [0.15, 0.2) is 11.6 Å². The fraction of sp³-hybridized carbons (Fsp3) is 0.222. The molecular weight excluding hydrogens is 296 g/mol. The summed E-state index contributed by atoms with van der Waals surface area (Å²) in [5.41, 5.74) is 2.78. The largest absolute Gasteiger partial charge is 0.323 e.